The van der Waals surface area contributed by atoms with Gasteiger partial charge in [-0.25, -0.2) is 4.98 Å². The van der Waals surface area contributed by atoms with E-state index in [1.165, 1.54) is 24.5 Å². The minimum atomic E-state index is -4.47. The normalized spacial score (nSPS) is 12.6. The summed E-state index contributed by atoms with van der Waals surface area (Å²) in [5, 5.41) is 3.00. The van der Waals surface area contributed by atoms with Crippen LogP contribution in [0.15, 0.2) is 71.8 Å². The molecule has 0 aliphatic rings. The van der Waals surface area contributed by atoms with Gasteiger partial charge in [-0.15, -0.1) is 0 Å². The van der Waals surface area contributed by atoms with Crippen LogP contribution in [0.2, 0.25) is 0 Å². The van der Waals surface area contributed by atoms with E-state index in [1.807, 2.05) is 37.3 Å². The van der Waals surface area contributed by atoms with Crippen LogP contribution in [-0.4, -0.2) is 16.1 Å². The van der Waals surface area contributed by atoms with Gasteiger partial charge in [0.05, 0.1) is 5.56 Å². The van der Waals surface area contributed by atoms with Crippen LogP contribution in [0, 0.1) is 0 Å². The zero-order valence-electron chi connectivity index (χ0n) is 14.6. The number of nitrogens with one attached hydrogen (secondary N) is 1. The average molecular weight is 373 g/mol. The summed E-state index contributed by atoms with van der Waals surface area (Å²) in [6.07, 6.45) is -1.74. The second kappa shape index (κ2) is 7.65. The van der Waals surface area contributed by atoms with Crippen LogP contribution in [0.25, 0.3) is 5.69 Å². The fourth-order valence-electron chi connectivity index (χ4n) is 2.72. The minimum Gasteiger partial charge on any atom is -0.365 e. The van der Waals surface area contributed by atoms with E-state index in [1.54, 1.807) is 0 Å². The van der Waals surface area contributed by atoms with Crippen molar-refractivity contribution in [3.05, 3.63) is 88.5 Å². The molecule has 1 unspecified atom stereocenters. The topological polar surface area (TPSA) is 46.9 Å². The first kappa shape index (κ1) is 18.7. The highest BCUT2D eigenvalue weighted by Crippen LogP contribution is 2.30. The highest BCUT2D eigenvalue weighted by molar-refractivity contribution is 5.41. The number of anilines is 1. The number of aromatic nitrogens is 2. The zero-order valence-corrected chi connectivity index (χ0v) is 14.6. The largest absolute Gasteiger partial charge is 0.416 e. The summed E-state index contributed by atoms with van der Waals surface area (Å²) in [7, 11) is 0. The van der Waals surface area contributed by atoms with Gasteiger partial charge < -0.3 is 5.32 Å². The minimum absolute atomic E-state index is 0.0951. The maximum absolute atomic E-state index is 12.9. The highest BCUT2D eigenvalue weighted by Gasteiger charge is 2.30. The lowest BCUT2D eigenvalue weighted by molar-refractivity contribution is -0.137. The fraction of sp³-hybridized carbons (Fsp3) is 0.200. The van der Waals surface area contributed by atoms with E-state index in [-0.39, 0.29) is 17.4 Å². The van der Waals surface area contributed by atoms with Crippen LogP contribution < -0.4 is 10.9 Å². The lowest BCUT2D eigenvalue weighted by Gasteiger charge is -2.14. The van der Waals surface area contributed by atoms with Crippen molar-refractivity contribution in [3.63, 3.8) is 0 Å². The Labute approximate surface area is 154 Å². The number of hydrogen-bond donors (Lipinski definition) is 1. The van der Waals surface area contributed by atoms with Crippen LogP contribution in [0.3, 0.4) is 0 Å². The lowest BCUT2D eigenvalue weighted by Crippen LogP contribution is -2.25. The maximum Gasteiger partial charge on any atom is 0.416 e. The maximum atomic E-state index is 12.9. The number of alkyl halides is 3. The monoisotopic (exact) mass is 373 g/mol. The van der Waals surface area contributed by atoms with Gasteiger partial charge in [0, 0.05) is 24.6 Å². The first-order chi connectivity index (χ1) is 12.9. The van der Waals surface area contributed by atoms with Gasteiger partial charge in [0.15, 0.2) is 5.82 Å². The molecule has 27 heavy (non-hydrogen) atoms. The molecule has 3 rings (SSSR count). The predicted octanol–water partition coefficient (Wildman–Crippen LogP) is 4.47. The van der Waals surface area contributed by atoms with E-state index in [0.29, 0.717) is 6.54 Å². The van der Waals surface area contributed by atoms with Gasteiger partial charge in [-0.1, -0.05) is 43.3 Å². The zero-order chi connectivity index (χ0) is 19.4. The smallest absolute Gasteiger partial charge is 0.365 e. The van der Waals surface area contributed by atoms with Crippen molar-refractivity contribution in [2.75, 3.05) is 11.9 Å². The SMILES string of the molecule is CC(CNc1nccn(-c2cccc(C(F)(F)F)c2)c1=O)c1ccccc1. The van der Waals surface area contributed by atoms with Gasteiger partial charge in [-0.05, 0) is 29.7 Å². The van der Waals surface area contributed by atoms with Crippen LogP contribution in [-0.2, 0) is 6.18 Å². The van der Waals surface area contributed by atoms with Crippen LogP contribution >= 0.6 is 0 Å². The molecule has 0 fully saturated rings. The molecule has 0 bridgehead atoms. The second-order valence-corrected chi connectivity index (χ2v) is 6.19. The van der Waals surface area contributed by atoms with E-state index >= 15 is 0 Å². The molecule has 0 saturated heterocycles. The van der Waals surface area contributed by atoms with Crippen molar-refractivity contribution in [2.45, 2.75) is 19.0 Å². The van der Waals surface area contributed by atoms with Gasteiger partial charge in [-0.2, -0.15) is 13.2 Å². The van der Waals surface area contributed by atoms with E-state index in [4.69, 9.17) is 0 Å². The lowest BCUT2D eigenvalue weighted by atomic mass is 10.0. The Hall–Kier alpha value is -3.09. The summed E-state index contributed by atoms with van der Waals surface area (Å²) in [6.45, 7) is 2.48. The van der Waals surface area contributed by atoms with Crippen molar-refractivity contribution >= 4 is 5.82 Å². The molecule has 1 aromatic heterocycles. The second-order valence-electron chi connectivity index (χ2n) is 6.19. The Balaban J connectivity index is 1.84. The van der Waals surface area contributed by atoms with Gasteiger partial charge in [0.2, 0.25) is 0 Å². The summed E-state index contributed by atoms with van der Waals surface area (Å²) < 4.78 is 39.9. The van der Waals surface area contributed by atoms with Gasteiger partial charge in [0.25, 0.3) is 5.56 Å². The number of halogens is 3. The molecule has 2 aromatic carbocycles. The standard InChI is InChI=1S/C20H18F3N3O/c1-14(15-6-3-2-4-7-15)13-25-18-19(27)26(11-10-24-18)17-9-5-8-16(12-17)20(21,22)23/h2-12,14H,13H2,1H3,(H,24,25). The Morgan fingerprint density at radius 1 is 1.11 bits per heavy atom. The molecule has 7 heteroatoms. The van der Waals surface area contributed by atoms with Crippen LogP contribution in [0.5, 0.6) is 0 Å². The summed E-state index contributed by atoms with van der Waals surface area (Å²) in [4.78, 5) is 16.7. The third-order valence-corrected chi connectivity index (χ3v) is 4.24. The van der Waals surface area contributed by atoms with E-state index < -0.39 is 17.3 Å². The predicted molar refractivity (Wildman–Crippen MR) is 98.2 cm³/mol. The molecule has 0 spiro atoms. The Morgan fingerprint density at radius 2 is 1.85 bits per heavy atom. The molecule has 0 aliphatic carbocycles. The Morgan fingerprint density at radius 3 is 2.56 bits per heavy atom. The first-order valence-corrected chi connectivity index (χ1v) is 8.40. The van der Waals surface area contributed by atoms with Crippen molar-refractivity contribution in [2.24, 2.45) is 0 Å². The number of benzene rings is 2. The van der Waals surface area contributed by atoms with Crippen molar-refractivity contribution in [1.29, 1.82) is 0 Å². The molecule has 140 valence electrons. The van der Waals surface area contributed by atoms with Gasteiger partial charge in [-0.3, -0.25) is 9.36 Å². The average Bonchev–Trinajstić information content (AvgIpc) is 2.67. The first-order valence-electron chi connectivity index (χ1n) is 8.40. The van der Waals surface area contributed by atoms with Gasteiger partial charge >= 0.3 is 6.18 Å². The molecule has 0 radical (unpaired) electrons. The summed E-state index contributed by atoms with van der Waals surface area (Å²) >= 11 is 0. The van der Waals surface area contributed by atoms with Crippen LogP contribution in [0.4, 0.5) is 19.0 Å². The van der Waals surface area contributed by atoms with Crippen molar-refractivity contribution < 1.29 is 13.2 Å². The quantitative estimate of drug-likeness (QED) is 0.718. The highest BCUT2D eigenvalue weighted by atomic mass is 19.4. The van der Waals surface area contributed by atoms with E-state index in [9.17, 15) is 18.0 Å². The Kier molecular flexibility index (Phi) is 5.30. The Bertz CT molecular complexity index is 968. The molecule has 3 aromatic rings. The number of nitrogens with zero attached hydrogens (tertiary/aromatic N) is 2. The molecule has 0 amide bonds. The number of rotatable bonds is 5. The fourth-order valence-corrected chi connectivity index (χ4v) is 2.72. The molecule has 1 heterocycles. The van der Waals surface area contributed by atoms with E-state index in [2.05, 4.69) is 10.3 Å². The van der Waals surface area contributed by atoms with Crippen molar-refractivity contribution in [1.82, 2.24) is 9.55 Å². The molecule has 0 aliphatic heterocycles. The molecule has 0 saturated carbocycles. The third kappa shape index (κ3) is 4.36. The van der Waals surface area contributed by atoms with Gasteiger partial charge in [0.1, 0.15) is 0 Å². The van der Waals surface area contributed by atoms with Crippen LogP contribution in [0.1, 0.15) is 24.0 Å². The summed E-state index contributed by atoms with van der Waals surface area (Å²) in [5.74, 6) is 0.229. The van der Waals surface area contributed by atoms with E-state index in [0.717, 1.165) is 22.3 Å². The molecule has 1 N–H and O–H groups in total. The number of hydrogen-bond acceptors (Lipinski definition) is 3. The summed E-state index contributed by atoms with van der Waals surface area (Å²) in [5.41, 5.74) is -0.0662. The molecule has 1 atom stereocenters. The van der Waals surface area contributed by atoms with Crippen molar-refractivity contribution in [3.8, 4) is 5.69 Å². The summed E-state index contributed by atoms with van der Waals surface area (Å²) in [6, 6.07) is 14.4. The molecule has 4 nitrogen and oxygen atoms in total. The third-order valence-electron chi connectivity index (χ3n) is 4.24. The molecular formula is C20H18F3N3O. The molecular weight excluding hydrogens is 355 g/mol.